The number of rotatable bonds is 5. The molecule has 2 aromatic carbocycles. The van der Waals surface area contributed by atoms with Crippen LogP contribution in [0.25, 0.3) is 0 Å². The second-order valence-electron chi connectivity index (χ2n) is 6.13. The van der Waals surface area contributed by atoms with Crippen LogP contribution >= 0.6 is 0 Å². The van der Waals surface area contributed by atoms with Gasteiger partial charge in [0.05, 0.1) is 0 Å². The average molecular weight is 322 g/mol. The summed E-state index contributed by atoms with van der Waals surface area (Å²) < 4.78 is 0. The molecule has 0 radical (unpaired) electrons. The third kappa shape index (κ3) is 4.02. The predicted octanol–water partition coefficient (Wildman–Crippen LogP) is 2.60. The van der Waals surface area contributed by atoms with Gasteiger partial charge in [-0.2, -0.15) is 0 Å². The summed E-state index contributed by atoms with van der Waals surface area (Å²) in [6.45, 7) is 0.696. The van der Waals surface area contributed by atoms with Crippen molar-refractivity contribution in [2.45, 2.75) is 31.2 Å². The molecule has 1 aliphatic rings. The Bertz CT molecular complexity index is 646. The van der Waals surface area contributed by atoms with Crippen LogP contribution in [0.1, 0.15) is 36.3 Å². The molecule has 2 amide bonds. The van der Waals surface area contributed by atoms with Gasteiger partial charge in [0, 0.05) is 18.9 Å². The Kier molecular flexibility index (Phi) is 5.26. The van der Waals surface area contributed by atoms with Gasteiger partial charge in [-0.15, -0.1) is 0 Å². The number of nitrogens with one attached hydrogen (secondary N) is 2. The maximum absolute atomic E-state index is 12.5. The minimum Gasteiger partial charge on any atom is -0.354 e. The minimum atomic E-state index is -0.404. The molecular weight excluding hydrogens is 300 g/mol. The molecular formula is C20H22N2O2. The van der Waals surface area contributed by atoms with Crippen molar-refractivity contribution in [2.75, 3.05) is 6.54 Å². The Morgan fingerprint density at radius 2 is 1.62 bits per heavy atom. The quantitative estimate of drug-likeness (QED) is 0.889. The van der Waals surface area contributed by atoms with Crippen molar-refractivity contribution in [1.29, 1.82) is 0 Å². The summed E-state index contributed by atoms with van der Waals surface area (Å²) >= 11 is 0. The second-order valence-corrected chi connectivity index (χ2v) is 6.13. The third-order valence-electron chi connectivity index (χ3n) is 4.41. The zero-order valence-corrected chi connectivity index (χ0v) is 13.6. The highest BCUT2D eigenvalue weighted by atomic mass is 16.2. The Labute approximate surface area is 142 Å². The number of carbonyl (C=O) groups is 2. The van der Waals surface area contributed by atoms with Crippen LogP contribution in [0, 0.1) is 0 Å². The molecule has 0 spiro atoms. The maximum atomic E-state index is 12.5. The fraction of sp³-hybridized carbons (Fsp3) is 0.300. The zero-order chi connectivity index (χ0) is 16.8. The van der Waals surface area contributed by atoms with Gasteiger partial charge >= 0.3 is 0 Å². The first-order chi connectivity index (χ1) is 11.7. The lowest BCUT2D eigenvalue weighted by Crippen LogP contribution is -2.50. The number of carbonyl (C=O) groups excluding carboxylic acids is 2. The molecule has 1 fully saturated rings. The average Bonchev–Trinajstić information content (AvgIpc) is 2.63. The second kappa shape index (κ2) is 7.77. The van der Waals surface area contributed by atoms with E-state index in [2.05, 4.69) is 10.6 Å². The number of amides is 2. The summed E-state index contributed by atoms with van der Waals surface area (Å²) in [6.07, 6.45) is 1.94. The van der Waals surface area contributed by atoms with Gasteiger partial charge in [-0.3, -0.25) is 9.59 Å². The highest BCUT2D eigenvalue weighted by molar-refractivity contribution is 5.88. The van der Waals surface area contributed by atoms with Crippen molar-refractivity contribution in [2.24, 2.45) is 0 Å². The van der Waals surface area contributed by atoms with Gasteiger partial charge in [0.1, 0.15) is 6.04 Å². The van der Waals surface area contributed by atoms with Crippen LogP contribution in [0.4, 0.5) is 0 Å². The molecule has 2 N–H and O–H groups in total. The fourth-order valence-corrected chi connectivity index (χ4v) is 3.15. The molecule has 1 unspecified atom stereocenters. The Balaban J connectivity index is 1.74. The number of hydrogen-bond acceptors (Lipinski definition) is 2. The molecule has 1 heterocycles. The molecule has 0 bridgehead atoms. The van der Waals surface area contributed by atoms with Crippen molar-refractivity contribution in [3.8, 4) is 0 Å². The van der Waals surface area contributed by atoms with Crippen molar-refractivity contribution >= 4 is 11.8 Å². The van der Waals surface area contributed by atoms with Crippen molar-refractivity contribution in [3.05, 3.63) is 71.8 Å². The summed E-state index contributed by atoms with van der Waals surface area (Å²) in [4.78, 5) is 24.4. The Hall–Kier alpha value is -2.62. The summed E-state index contributed by atoms with van der Waals surface area (Å²) in [7, 11) is 0. The van der Waals surface area contributed by atoms with Gasteiger partial charge in [0.15, 0.2) is 0 Å². The fourth-order valence-electron chi connectivity index (χ4n) is 3.15. The van der Waals surface area contributed by atoms with Crippen LogP contribution in [0.2, 0.25) is 0 Å². The van der Waals surface area contributed by atoms with E-state index in [1.165, 1.54) is 0 Å². The number of piperidine rings is 1. The Morgan fingerprint density at radius 1 is 1.04 bits per heavy atom. The molecule has 0 aromatic heterocycles. The van der Waals surface area contributed by atoms with Crippen molar-refractivity contribution in [1.82, 2.24) is 10.6 Å². The van der Waals surface area contributed by atoms with Crippen LogP contribution in [-0.2, 0) is 9.59 Å². The minimum absolute atomic E-state index is 0.0148. The van der Waals surface area contributed by atoms with Gasteiger partial charge in [-0.1, -0.05) is 60.7 Å². The lowest BCUT2D eigenvalue weighted by molar-refractivity contribution is -0.130. The third-order valence-corrected chi connectivity index (χ3v) is 4.41. The summed E-state index contributed by atoms with van der Waals surface area (Å²) in [5.41, 5.74) is 2.21. The van der Waals surface area contributed by atoms with Crippen LogP contribution < -0.4 is 10.6 Å². The van der Waals surface area contributed by atoms with E-state index in [0.717, 1.165) is 17.5 Å². The van der Waals surface area contributed by atoms with Gasteiger partial charge in [-0.05, 0) is 24.0 Å². The first-order valence-corrected chi connectivity index (χ1v) is 8.41. The molecule has 2 aromatic rings. The van der Waals surface area contributed by atoms with E-state index in [-0.39, 0.29) is 17.7 Å². The molecule has 0 aliphatic carbocycles. The molecule has 1 atom stereocenters. The van der Waals surface area contributed by atoms with E-state index in [1.54, 1.807) is 0 Å². The van der Waals surface area contributed by atoms with E-state index >= 15 is 0 Å². The summed E-state index contributed by atoms with van der Waals surface area (Å²) in [5.74, 6) is -0.181. The molecule has 124 valence electrons. The molecule has 24 heavy (non-hydrogen) atoms. The highest BCUT2D eigenvalue weighted by Gasteiger charge is 2.25. The van der Waals surface area contributed by atoms with E-state index in [1.807, 2.05) is 60.7 Å². The van der Waals surface area contributed by atoms with E-state index < -0.39 is 6.04 Å². The van der Waals surface area contributed by atoms with Gasteiger partial charge in [0.2, 0.25) is 11.8 Å². The van der Waals surface area contributed by atoms with E-state index in [4.69, 9.17) is 0 Å². The molecule has 3 rings (SSSR count). The number of benzene rings is 2. The first kappa shape index (κ1) is 16.2. The normalized spacial score (nSPS) is 17.4. The SMILES string of the molecule is O=C(CC(c1ccccc1)c1ccccc1)NC1CCCNC1=O. The van der Waals surface area contributed by atoms with E-state index in [9.17, 15) is 9.59 Å². The molecule has 4 heteroatoms. The Morgan fingerprint density at radius 3 is 2.17 bits per heavy atom. The maximum Gasteiger partial charge on any atom is 0.242 e. The van der Waals surface area contributed by atoms with Crippen molar-refractivity contribution < 1.29 is 9.59 Å². The largest absolute Gasteiger partial charge is 0.354 e. The molecule has 1 saturated heterocycles. The van der Waals surface area contributed by atoms with Crippen LogP contribution in [0.3, 0.4) is 0 Å². The van der Waals surface area contributed by atoms with Gasteiger partial charge < -0.3 is 10.6 Å². The van der Waals surface area contributed by atoms with Crippen LogP contribution in [0.5, 0.6) is 0 Å². The molecule has 4 nitrogen and oxygen atoms in total. The predicted molar refractivity (Wildman–Crippen MR) is 93.5 cm³/mol. The lowest BCUT2D eigenvalue weighted by Gasteiger charge is -2.24. The summed E-state index contributed by atoms with van der Waals surface area (Å²) in [6, 6.07) is 19.6. The van der Waals surface area contributed by atoms with Crippen LogP contribution in [-0.4, -0.2) is 24.4 Å². The smallest absolute Gasteiger partial charge is 0.242 e. The number of hydrogen-bond donors (Lipinski definition) is 2. The highest BCUT2D eigenvalue weighted by Crippen LogP contribution is 2.27. The zero-order valence-electron chi connectivity index (χ0n) is 13.6. The molecule has 1 aliphatic heterocycles. The van der Waals surface area contributed by atoms with Crippen molar-refractivity contribution in [3.63, 3.8) is 0 Å². The lowest BCUT2D eigenvalue weighted by atomic mass is 9.88. The van der Waals surface area contributed by atoms with Gasteiger partial charge in [0.25, 0.3) is 0 Å². The van der Waals surface area contributed by atoms with Crippen LogP contribution in [0.15, 0.2) is 60.7 Å². The van der Waals surface area contributed by atoms with E-state index in [0.29, 0.717) is 19.4 Å². The molecule has 0 saturated carbocycles. The first-order valence-electron chi connectivity index (χ1n) is 8.41. The topological polar surface area (TPSA) is 58.2 Å². The monoisotopic (exact) mass is 322 g/mol. The standard InChI is InChI=1S/C20H22N2O2/c23-19(22-18-12-7-13-21-20(18)24)14-17(15-8-3-1-4-9-15)16-10-5-2-6-11-16/h1-6,8-11,17-18H,7,12-14H2,(H,21,24)(H,22,23). The van der Waals surface area contributed by atoms with Gasteiger partial charge in [-0.25, -0.2) is 0 Å². The summed E-state index contributed by atoms with van der Waals surface area (Å²) in [5, 5.41) is 5.69.